The molecule has 1 N–H and O–H groups in total. The summed E-state index contributed by atoms with van der Waals surface area (Å²) in [5.74, 6) is -0.507. The second kappa shape index (κ2) is 8.52. The maximum Gasteiger partial charge on any atom is 0.306 e. The first-order chi connectivity index (χ1) is 12.6. The van der Waals surface area contributed by atoms with E-state index >= 15 is 0 Å². The van der Waals surface area contributed by atoms with E-state index in [9.17, 15) is 9.59 Å². The molecule has 5 nitrogen and oxygen atoms in total. The van der Waals surface area contributed by atoms with Crippen LogP contribution in [0.25, 0.3) is 0 Å². The molecule has 26 heavy (non-hydrogen) atoms. The fourth-order valence-electron chi connectivity index (χ4n) is 3.16. The van der Waals surface area contributed by atoms with E-state index in [0.717, 1.165) is 6.42 Å². The Morgan fingerprint density at radius 3 is 2.46 bits per heavy atom. The van der Waals surface area contributed by atoms with Crippen LogP contribution in [0.5, 0.6) is 5.75 Å². The molecule has 3 rings (SSSR count). The lowest BCUT2D eigenvalue weighted by molar-refractivity contribution is -0.143. The molecule has 0 bridgehead atoms. The fraction of sp³-hybridized carbons (Fsp3) is 0.333. The van der Waals surface area contributed by atoms with Crippen molar-refractivity contribution in [2.75, 3.05) is 19.7 Å². The number of nitrogens with zero attached hydrogens (tertiary/aromatic N) is 1. The highest BCUT2D eigenvalue weighted by atomic mass is 16.5. The molecule has 2 aromatic rings. The third kappa shape index (κ3) is 4.63. The zero-order valence-electron chi connectivity index (χ0n) is 14.6. The number of carbonyl (C=O) groups excluding carboxylic acids is 1. The van der Waals surface area contributed by atoms with Crippen molar-refractivity contribution in [3.63, 3.8) is 0 Å². The highest BCUT2D eigenvalue weighted by Crippen LogP contribution is 2.21. The van der Waals surface area contributed by atoms with Crippen LogP contribution < -0.4 is 4.74 Å². The zero-order chi connectivity index (χ0) is 18.4. The highest BCUT2D eigenvalue weighted by molar-refractivity contribution is 5.94. The van der Waals surface area contributed by atoms with E-state index in [2.05, 4.69) is 12.1 Å². The van der Waals surface area contributed by atoms with Crippen molar-refractivity contribution in [3.05, 3.63) is 65.7 Å². The first-order valence-corrected chi connectivity index (χ1v) is 8.92. The van der Waals surface area contributed by atoms with E-state index in [1.165, 1.54) is 5.56 Å². The highest BCUT2D eigenvalue weighted by Gasteiger charge is 2.27. The minimum absolute atomic E-state index is 0.0673. The second-order valence-corrected chi connectivity index (χ2v) is 6.52. The molecule has 0 aliphatic carbocycles. The van der Waals surface area contributed by atoms with Gasteiger partial charge in [0, 0.05) is 25.1 Å². The third-order valence-electron chi connectivity index (χ3n) is 4.71. The van der Waals surface area contributed by atoms with Gasteiger partial charge in [0.1, 0.15) is 5.75 Å². The van der Waals surface area contributed by atoms with Gasteiger partial charge in [-0.05, 0) is 36.6 Å². The van der Waals surface area contributed by atoms with Crippen LogP contribution in [0.2, 0.25) is 0 Å². The zero-order valence-corrected chi connectivity index (χ0v) is 14.6. The van der Waals surface area contributed by atoms with Crippen molar-refractivity contribution in [2.45, 2.75) is 19.3 Å². The van der Waals surface area contributed by atoms with Gasteiger partial charge >= 0.3 is 5.97 Å². The number of carbonyl (C=O) groups is 2. The van der Waals surface area contributed by atoms with Gasteiger partial charge in [-0.15, -0.1) is 0 Å². The summed E-state index contributed by atoms with van der Waals surface area (Å²) in [6.07, 6.45) is 1.82. The molecule has 2 aromatic carbocycles. The smallest absolute Gasteiger partial charge is 0.306 e. The molecule has 1 aliphatic rings. The molecule has 0 aromatic heterocycles. The number of piperidine rings is 1. The first-order valence-electron chi connectivity index (χ1n) is 8.92. The van der Waals surface area contributed by atoms with Gasteiger partial charge in [-0.25, -0.2) is 0 Å². The van der Waals surface area contributed by atoms with Crippen LogP contribution in [-0.2, 0) is 11.2 Å². The van der Waals surface area contributed by atoms with E-state index in [4.69, 9.17) is 9.84 Å². The van der Waals surface area contributed by atoms with Gasteiger partial charge in [0.15, 0.2) is 0 Å². The number of amides is 1. The Labute approximate surface area is 153 Å². The number of ether oxygens (including phenoxy) is 1. The van der Waals surface area contributed by atoms with Gasteiger partial charge in [-0.1, -0.05) is 36.4 Å². The quantitative estimate of drug-likeness (QED) is 0.866. The van der Waals surface area contributed by atoms with Gasteiger partial charge < -0.3 is 14.7 Å². The lowest BCUT2D eigenvalue weighted by atomic mass is 9.96. The largest absolute Gasteiger partial charge is 0.493 e. The number of benzene rings is 2. The van der Waals surface area contributed by atoms with E-state index in [0.29, 0.717) is 43.9 Å². The molecular weight excluding hydrogens is 330 g/mol. The molecule has 0 spiro atoms. The number of carboxylic acid groups (broad SMARTS) is 1. The number of carboxylic acids is 1. The van der Waals surface area contributed by atoms with Crippen molar-refractivity contribution in [1.29, 1.82) is 0 Å². The molecule has 5 heteroatoms. The number of likely N-dealkylation sites (tertiary alicyclic amines) is 1. The van der Waals surface area contributed by atoms with Crippen molar-refractivity contribution >= 4 is 11.9 Å². The molecule has 1 fully saturated rings. The topological polar surface area (TPSA) is 66.8 Å². The molecule has 1 amide bonds. The summed E-state index contributed by atoms with van der Waals surface area (Å²) in [7, 11) is 0. The lowest BCUT2D eigenvalue weighted by Crippen LogP contribution is -2.40. The van der Waals surface area contributed by atoms with Crippen LogP contribution in [-0.4, -0.2) is 41.6 Å². The predicted octanol–water partition coefficient (Wildman–Crippen LogP) is 3.24. The maximum atomic E-state index is 12.6. The Kier molecular flexibility index (Phi) is 5.89. The number of hydrogen-bond acceptors (Lipinski definition) is 3. The van der Waals surface area contributed by atoms with Crippen molar-refractivity contribution < 1.29 is 19.4 Å². The Morgan fingerprint density at radius 1 is 1.04 bits per heavy atom. The van der Waals surface area contributed by atoms with Crippen molar-refractivity contribution in [2.24, 2.45) is 5.92 Å². The van der Waals surface area contributed by atoms with Gasteiger partial charge in [0.05, 0.1) is 12.5 Å². The SMILES string of the molecule is O=C(O)C1CCN(C(=O)c2cccc(OCCc3ccccc3)c2)CC1. The molecule has 136 valence electrons. The Bertz CT molecular complexity index is 752. The summed E-state index contributed by atoms with van der Waals surface area (Å²) in [5, 5.41) is 9.06. The molecule has 0 unspecified atom stereocenters. The average Bonchev–Trinajstić information content (AvgIpc) is 2.68. The Morgan fingerprint density at radius 2 is 1.77 bits per heavy atom. The predicted molar refractivity (Wildman–Crippen MR) is 98.3 cm³/mol. The molecule has 1 saturated heterocycles. The summed E-state index contributed by atoms with van der Waals surface area (Å²) in [6.45, 7) is 1.51. The minimum Gasteiger partial charge on any atom is -0.493 e. The summed E-state index contributed by atoms with van der Waals surface area (Å²) in [4.78, 5) is 25.4. The molecular formula is C21H23NO4. The van der Waals surface area contributed by atoms with Crippen LogP contribution >= 0.6 is 0 Å². The minimum atomic E-state index is -0.772. The third-order valence-corrected chi connectivity index (χ3v) is 4.71. The summed E-state index contributed by atoms with van der Waals surface area (Å²) in [5.41, 5.74) is 1.79. The lowest BCUT2D eigenvalue weighted by Gasteiger charge is -2.30. The molecule has 0 saturated carbocycles. The van der Waals surface area contributed by atoms with Crippen LogP contribution in [0.1, 0.15) is 28.8 Å². The number of rotatable bonds is 6. The van der Waals surface area contributed by atoms with Crippen molar-refractivity contribution in [3.8, 4) is 5.75 Å². The molecule has 1 aliphatic heterocycles. The van der Waals surface area contributed by atoms with Gasteiger partial charge in [0.2, 0.25) is 0 Å². The second-order valence-electron chi connectivity index (χ2n) is 6.52. The summed E-state index contributed by atoms with van der Waals surface area (Å²) < 4.78 is 5.79. The molecule has 1 heterocycles. The van der Waals surface area contributed by atoms with Crippen LogP contribution in [0.15, 0.2) is 54.6 Å². The van der Waals surface area contributed by atoms with E-state index in [-0.39, 0.29) is 11.8 Å². The van der Waals surface area contributed by atoms with E-state index < -0.39 is 5.97 Å². The molecule has 0 atom stereocenters. The summed E-state index contributed by atoms with van der Waals surface area (Å²) in [6, 6.07) is 17.3. The molecule has 0 radical (unpaired) electrons. The van der Waals surface area contributed by atoms with E-state index in [1.807, 2.05) is 30.3 Å². The average molecular weight is 353 g/mol. The van der Waals surface area contributed by atoms with Crippen molar-refractivity contribution in [1.82, 2.24) is 4.90 Å². The van der Waals surface area contributed by atoms with Crippen LogP contribution in [0, 0.1) is 5.92 Å². The standard InChI is InChI=1S/C21H23NO4/c23-20(22-12-9-17(10-13-22)21(24)25)18-7-4-8-19(15-18)26-14-11-16-5-2-1-3-6-16/h1-8,15,17H,9-14H2,(H,24,25). The first kappa shape index (κ1) is 18.0. The monoisotopic (exact) mass is 353 g/mol. The summed E-state index contributed by atoms with van der Waals surface area (Å²) >= 11 is 0. The van der Waals surface area contributed by atoms with E-state index in [1.54, 1.807) is 17.0 Å². The van der Waals surface area contributed by atoms with Gasteiger partial charge in [-0.2, -0.15) is 0 Å². The van der Waals surface area contributed by atoms with Crippen LogP contribution in [0.3, 0.4) is 0 Å². The Hall–Kier alpha value is -2.82. The maximum absolute atomic E-state index is 12.6. The van der Waals surface area contributed by atoms with Gasteiger partial charge in [-0.3, -0.25) is 9.59 Å². The Balaban J connectivity index is 1.55. The van der Waals surface area contributed by atoms with Gasteiger partial charge in [0.25, 0.3) is 5.91 Å². The van der Waals surface area contributed by atoms with Crippen LogP contribution in [0.4, 0.5) is 0 Å². The normalized spacial score (nSPS) is 14.8. The number of hydrogen-bond donors (Lipinski definition) is 1. The number of aliphatic carboxylic acids is 1. The fourth-order valence-corrected chi connectivity index (χ4v) is 3.16.